The molecule has 3 rings (SSSR count). The van der Waals surface area contributed by atoms with Gasteiger partial charge in [-0.25, -0.2) is 0 Å². The lowest BCUT2D eigenvalue weighted by Gasteiger charge is -2.03. The number of pyridine rings is 1. The van der Waals surface area contributed by atoms with Crippen molar-refractivity contribution in [1.82, 2.24) is 15.2 Å². The van der Waals surface area contributed by atoms with Gasteiger partial charge in [-0.15, -0.1) is 0 Å². The Balaban J connectivity index is 1.89. The number of aromatic amines is 1. The van der Waals surface area contributed by atoms with E-state index in [0.717, 1.165) is 22.5 Å². The van der Waals surface area contributed by atoms with Crippen molar-refractivity contribution in [3.8, 4) is 22.5 Å². The summed E-state index contributed by atoms with van der Waals surface area (Å²) < 4.78 is 0. The molecule has 2 aromatic heterocycles. The van der Waals surface area contributed by atoms with E-state index in [9.17, 15) is 4.79 Å². The molecule has 0 atom stereocenters. The van der Waals surface area contributed by atoms with Crippen molar-refractivity contribution < 1.29 is 4.79 Å². The quantitative estimate of drug-likeness (QED) is 0.737. The number of hydrogen-bond acceptors (Lipinski definition) is 3. The Kier molecular flexibility index (Phi) is 3.13. The Labute approximate surface area is 116 Å². The first-order valence-electron chi connectivity index (χ1n) is 6.31. The number of H-pyrrole nitrogens is 1. The van der Waals surface area contributed by atoms with Crippen LogP contribution in [0, 0.1) is 0 Å². The van der Waals surface area contributed by atoms with Crippen LogP contribution in [0.5, 0.6) is 0 Å². The standard InChI is InChI=1S/C16H13N3O/c1-11(20)14-6-7-15(17-10-14)12-2-4-13(5-3-12)16-8-9-18-19-16/h2-10H,1H3,(H,18,19). The molecule has 0 bridgehead atoms. The van der Waals surface area contributed by atoms with Gasteiger partial charge in [-0.05, 0) is 30.7 Å². The van der Waals surface area contributed by atoms with Gasteiger partial charge in [-0.3, -0.25) is 14.9 Å². The maximum Gasteiger partial charge on any atom is 0.161 e. The smallest absolute Gasteiger partial charge is 0.161 e. The highest BCUT2D eigenvalue weighted by molar-refractivity contribution is 5.93. The topological polar surface area (TPSA) is 58.6 Å². The summed E-state index contributed by atoms with van der Waals surface area (Å²) in [7, 11) is 0. The average molecular weight is 263 g/mol. The van der Waals surface area contributed by atoms with Gasteiger partial charge in [-0.1, -0.05) is 24.3 Å². The number of Topliss-reactive ketones (excluding diaryl/α,β-unsaturated/α-hetero) is 1. The summed E-state index contributed by atoms with van der Waals surface area (Å²) in [6.07, 6.45) is 3.34. The second-order valence-electron chi connectivity index (χ2n) is 4.54. The summed E-state index contributed by atoms with van der Waals surface area (Å²) >= 11 is 0. The minimum atomic E-state index is 0.0265. The number of hydrogen-bond donors (Lipinski definition) is 1. The molecule has 0 aliphatic rings. The molecule has 3 aromatic rings. The predicted molar refractivity (Wildman–Crippen MR) is 77.3 cm³/mol. The molecule has 0 spiro atoms. The van der Waals surface area contributed by atoms with Crippen molar-refractivity contribution in [2.75, 3.05) is 0 Å². The normalized spacial score (nSPS) is 10.4. The lowest BCUT2D eigenvalue weighted by Crippen LogP contribution is -1.93. The monoisotopic (exact) mass is 263 g/mol. The Hall–Kier alpha value is -2.75. The zero-order valence-corrected chi connectivity index (χ0v) is 11.0. The lowest BCUT2D eigenvalue weighted by atomic mass is 10.1. The molecule has 0 aliphatic carbocycles. The van der Waals surface area contributed by atoms with Gasteiger partial charge in [0.15, 0.2) is 5.78 Å². The molecule has 1 aromatic carbocycles. The highest BCUT2D eigenvalue weighted by atomic mass is 16.1. The van der Waals surface area contributed by atoms with E-state index < -0.39 is 0 Å². The number of carbonyl (C=O) groups is 1. The molecule has 20 heavy (non-hydrogen) atoms. The number of carbonyl (C=O) groups excluding carboxylic acids is 1. The maximum atomic E-state index is 11.2. The average Bonchev–Trinajstić information content (AvgIpc) is 3.02. The fourth-order valence-corrected chi connectivity index (χ4v) is 2.01. The third-order valence-corrected chi connectivity index (χ3v) is 3.16. The molecule has 0 aliphatic heterocycles. The molecule has 0 saturated carbocycles. The van der Waals surface area contributed by atoms with Gasteiger partial charge in [0.2, 0.25) is 0 Å². The van der Waals surface area contributed by atoms with Crippen LogP contribution in [0.15, 0.2) is 54.9 Å². The van der Waals surface area contributed by atoms with Crippen LogP contribution in [0.25, 0.3) is 22.5 Å². The van der Waals surface area contributed by atoms with Gasteiger partial charge in [-0.2, -0.15) is 5.10 Å². The summed E-state index contributed by atoms with van der Waals surface area (Å²) in [4.78, 5) is 15.5. The van der Waals surface area contributed by atoms with Crippen molar-refractivity contribution >= 4 is 5.78 Å². The van der Waals surface area contributed by atoms with Crippen LogP contribution in [-0.4, -0.2) is 21.0 Å². The second-order valence-corrected chi connectivity index (χ2v) is 4.54. The number of aromatic nitrogens is 3. The minimum Gasteiger partial charge on any atom is -0.294 e. The molecule has 4 heteroatoms. The van der Waals surface area contributed by atoms with E-state index in [0.29, 0.717) is 5.56 Å². The Morgan fingerprint density at radius 3 is 2.30 bits per heavy atom. The number of nitrogens with one attached hydrogen (secondary N) is 1. The Morgan fingerprint density at radius 1 is 1.00 bits per heavy atom. The SMILES string of the molecule is CC(=O)c1ccc(-c2ccc(-c3ccn[nH]3)cc2)nc1. The van der Waals surface area contributed by atoms with E-state index in [2.05, 4.69) is 15.2 Å². The molecule has 0 fully saturated rings. The summed E-state index contributed by atoms with van der Waals surface area (Å²) in [5.74, 6) is 0.0265. The third-order valence-electron chi connectivity index (χ3n) is 3.16. The van der Waals surface area contributed by atoms with Gasteiger partial charge in [0.25, 0.3) is 0 Å². The Bertz CT molecular complexity index is 713. The summed E-state index contributed by atoms with van der Waals surface area (Å²) in [5.41, 5.74) is 4.56. The lowest BCUT2D eigenvalue weighted by molar-refractivity contribution is 0.101. The fraction of sp³-hybridized carbons (Fsp3) is 0.0625. The molecule has 1 N–H and O–H groups in total. The van der Waals surface area contributed by atoms with E-state index in [1.165, 1.54) is 6.92 Å². The first-order chi connectivity index (χ1) is 9.74. The molecular formula is C16H13N3O. The van der Waals surface area contributed by atoms with E-state index in [1.54, 1.807) is 18.5 Å². The number of ketones is 1. The van der Waals surface area contributed by atoms with Crippen molar-refractivity contribution in [3.05, 3.63) is 60.4 Å². The van der Waals surface area contributed by atoms with E-state index in [4.69, 9.17) is 0 Å². The van der Waals surface area contributed by atoms with Crippen molar-refractivity contribution in [2.45, 2.75) is 6.92 Å². The van der Waals surface area contributed by atoms with E-state index in [-0.39, 0.29) is 5.78 Å². The maximum absolute atomic E-state index is 11.2. The largest absolute Gasteiger partial charge is 0.294 e. The van der Waals surface area contributed by atoms with Crippen LogP contribution in [0.4, 0.5) is 0 Å². The molecule has 2 heterocycles. The molecule has 98 valence electrons. The number of benzene rings is 1. The second kappa shape index (κ2) is 5.09. The number of nitrogens with zero attached hydrogens (tertiary/aromatic N) is 2. The molecule has 0 amide bonds. The predicted octanol–water partition coefficient (Wildman–Crippen LogP) is 3.34. The highest BCUT2D eigenvalue weighted by Gasteiger charge is 2.04. The third kappa shape index (κ3) is 2.36. The fourth-order valence-electron chi connectivity index (χ4n) is 2.01. The summed E-state index contributed by atoms with van der Waals surface area (Å²) in [6, 6.07) is 13.6. The van der Waals surface area contributed by atoms with Gasteiger partial charge in [0.1, 0.15) is 0 Å². The minimum absolute atomic E-state index is 0.0265. The summed E-state index contributed by atoms with van der Waals surface area (Å²) in [6.45, 7) is 1.54. The first kappa shape index (κ1) is 12.3. The highest BCUT2D eigenvalue weighted by Crippen LogP contribution is 2.22. The van der Waals surface area contributed by atoms with Crippen molar-refractivity contribution in [1.29, 1.82) is 0 Å². The summed E-state index contributed by atoms with van der Waals surface area (Å²) in [5, 5.41) is 6.87. The molecule has 0 unspecified atom stereocenters. The molecular weight excluding hydrogens is 250 g/mol. The van der Waals surface area contributed by atoms with Crippen LogP contribution < -0.4 is 0 Å². The molecule has 4 nitrogen and oxygen atoms in total. The van der Waals surface area contributed by atoms with E-state index in [1.807, 2.05) is 36.4 Å². The van der Waals surface area contributed by atoms with Crippen LogP contribution in [0.2, 0.25) is 0 Å². The van der Waals surface area contributed by atoms with Gasteiger partial charge in [0, 0.05) is 23.5 Å². The zero-order chi connectivity index (χ0) is 13.9. The van der Waals surface area contributed by atoms with Crippen LogP contribution in [0.3, 0.4) is 0 Å². The zero-order valence-electron chi connectivity index (χ0n) is 11.0. The van der Waals surface area contributed by atoms with Gasteiger partial charge >= 0.3 is 0 Å². The van der Waals surface area contributed by atoms with E-state index >= 15 is 0 Å². The van der Waals surface area contributed by atoms with Crippen LogP contribution >= 0.6 is 0 Å². The van der Waals surface area contributed by atoms with Crippen molar-refractivity contribution in [3.63, 3.8) is 0 Å². The number of rotatable bonds is 3. The Morgan fingerprint density at radius 2 is 1.75 bits per heavy atom. The van der Waals surface area contributed by atoms with Gasteiger partial charge in [0.05, 0.1) is 11.4 Å². The van der Waals surface area contributed by atoms with Crippen molar-refractivity contribution in [2.24, 2.45) is 0 Å². The molecule has 0 saturated heterocycles. The molecule has 0 radical (unpaired) electrons. The van der Waals surface area contributed by atoms with Gasteiger partial charge < -0.3 is 0 Å². The van der Waals surface area contributed by atoms with Crippen LogP contribution in [0.1, 0.15) is 17.3 Å². The first-order valence-corrected chi connectivity index (χ1v) is 6.31. The van der Waals surface area contributed by atoms with Crippen LogP contribution in [-0.2, 0) is 0 Å².